The molecule has 0 unspecified atom stereocenters. The van der Waals surface area contributed by atoms with Gasteiger partial charge in [0.05, 0.1) is 5.41 Å². The number of hydrogen-bond donors (Lipinski definition) is 0. The quantitative estimate of drug-likeness (QED) is 0.731. The highest BCUT2D eigenvalue weighted by Gasteiger charge is 2.56. The summed E-state index contributed by atoms with van der Waals surface area (Å²) in [6.45, 7) is 8.81. The lowest BCUT2D eigenvalue weighted by molar-refractivity contribution is -0.217. The van der Waals surface area contributed by atoms with Crippen LogP contribution in [0, 0.1) is 5.41 Å². The number of benzene rings is 1. The van der Waals surface area contributed by atoms with Gasteiger partial charge in [-0.2, -0.15) is 13.2 Å². The van der Waals surface area contributed by atoms with Gasteiger partial charge in [-0.3, -0.25) is 0 Å². The number of rotatable bonds is 2. The number of alkyl halides is 3. The van der Waals surface area contributed by atoms with Gasteiger partial charge >= 0.3 is 6.18 Å². The summed E-state index contributed by atoms with van der Waals surface area (Å²) in [6, 6.07) is 7.52. The molecule has 1 aromatic rings. The van der Waals surface area contributed by atoms with E-state index in [4.69, 9.17) is 0 Å². The molecular weight excluding hydrogens is 259 g/mol. The average Bonchev–Trinajstić information content (AvgIpc) is 2.26. The second-order valence-corrected chi connectivity index (χ2v) is 7.58. The van der Waals surface area contributed by atoms with Crippen LogP contribution < -0.4 is 0 Å². The smallest absolute Gasteiger partial charge is 0.171 e. The van der Waals surface area contributed by atoms with E-state index in [9.17, 15) is 13.2 Å². The summed E-state index contributed by atoms with van der Waals surface area (Å²) in [7, 11) is 3.32. The van der Waals surface area contributed by atoms with Gasteiger partial charge in [0, 0.05) is 0 Å². The van der Waals surface area contributed by atoms with Crippen LogP contribution in [-0.4, -0.2) is 21.9 Å². The van der Waals surface area contributed by atoms with Gasteiger partial charge in [-0.1, -0.05) is 64.4 Å². The van der Waals surface area contributed by atoms with E-state index in [2.05, 4.69) is 20.8 Å². The van der Waals surface area contributed by atoms with Gasteiger partial charge in [0.2, 0.25) is 0 Å². The van der Waals surface area contributed by atoms with Crippen LogP contribution in [0.15, 0.2) is 24.3 Å². The van der Waals surface area contributed by atoms with E-state index < -0.39 is 16.8 Å². The van der Waals surface area contributed by atoms with E-state index >= 15 is 0 Å². The average molecular weight is 282 g/mol. The minimum Gasteiger partial charge on any atom is -0.171 e. The largest absolute Gasteiger partial charge is 0.393 e. The summed E-state index contributed by atoms with van der Waals surface area (Å²) in [4.78, 5) is 0. The Kier molecular flexibility index (Phi) is 4.17. The lowest BCUT2D eigenvalue weighted by Crippen LogP contribution is -2.52. The summed E-state index contributed by atoms with van der Waals surface area (Å²) < 4.78 is 39.8. The second kappa shape index (κ2) is 4.85. The van der Waals surface area contributed by atoms with E-state index in [1.54, 1.807) is 15.7 Å². The van der Waals surface area contributed by atoms with Crippen molar-refractivity contribution < 1.29 is 13.2 Å². The minimum atomic E-state index is -4.24. The highest BCUT2D eigenvalue weighted by atomic mass is 19.4. The third-order valence-electron chi connectivity index (χ3n) is 4.74. The van der Waals surface area contributed by atoms with Crippen molar-refractivity contribution in [3.8, 4) is 0 Å². The van der Waals surface area contributed by atoms with Crippen molar-refractivity contribution in [2.75, 3.05) is 0 Å². The molecule has 0 amide bonds. The van der Waals surface area contributed by atoms with E-state index in [-0.39, 0.29) is 5.41 Å². The SMILES string of the molecule is BC(B)(c1ccc(C(C)(C)C)cc1)C(C)(C)C(F)(F)F. The molecule has 0 saturated carbocycles. The van der Waals surface area contributed by atoms with Crippen molar-refractivity contribution >= 4 is 15.7 Å². The lowest BCUT2D eigenvalue weighted by atomic mass is 9.40. The maximum Gasteiger partial charge on any atom is 0.393 e. The van der Waals surface area contributed by atoms with Crippen molar-refractivity contribution in [2.45, 2.75) is 51.4 Å². The molecule has 0 bridgehead atoms. The normalized spacial score (nSPS) is 14.4. The molecular formula is C15H23B2F3. The fourth-order valence-electron chi connectivity index (χ4n) is 2.10. The molecule has 0 heterocycles. The molecule has 0 fully saturated rings. The predicted molar refractivity (Wildman–Crippen MR) is 83.7 cm³/mol. The standard InChI is InChI=1S/C15H23B2F3/c1-12(2,3)10-6-8-11(9-7-10)14(16,17)13(4,5)15(18,19)20/h6-9H,16-17H2,1-5H3. The molecule has 0 aliphatic rings. The molecule has 0 atom stereocenters. The summed E-state index contributed by atoms with van der Waals surface area (Å²) in [5.41, 5.74) is 0.0561. The fraction of sp³-hybridized carbons (Fsp3) is 0.600. The van der Waals surface area contributed by atoms with Gasteiger partial charge in [0.15, 0.2) is 0 Å². The summed E-state index contributed by atoms with van der Waals surface area (Å²) >= 11 is 0. The molecule has 110 valence electrons. The van der Waals surface area contributed by atoms with E-state index in [0.29, 0.717) is 5.56 Å². The van der Waals surface area contributed by atoms with Crippen LogP contribution in [0.1, 0.15) is 45.7 Å². The van der Waals surface area contributed by atoms with Crippen LogP contribution in [0.2, 0.25) is 0 Å². The molecule has 0 nitrogen and oxygen atoms in total. The molecule has 5 heteroatoms. The maximum atomic E-state index is 13.3. The van der Waals surface area contributed by atoms with Gasteiger partial charge in [0.25, 0.3) is 0 Å². The maximum absolute atomic E-state index is 13.3. The third-order valence-corrected chi connectivity index (χ3v) is 4.74. The van der Waals surface area contributed by atoms with Gasteiger partial charge in [-0.05, 0) is 16.2 Å². The Morgan fingerprint density at radius 3 is 1.40 bits per heavy atom. The first-order valence-corrected chi connectivity index (χ1v) is 6.89. The highest BCUT2D eigenvalue weighted by Crippen LogP contribution is 2.48. The van der Waals surface area contributed by atoms with Gasteiger partial charge in [-0.15, -0.1) is 0 Å². The molecule has 0 aliphatic heterocycles. The molecule has 0 radical (unpaired) electrons. The Morgan fingerprint density at radius 2 is 1.10 bits per heavy atom. The molecule has 0 aromatic heterocycles. The first-order valence-electron chi connectivity index (χ1n) is 6.89. The van der Waals surface area contributed by atoms with Crippen molar-refractivity contribution in [1.82, 2.24) is 0 Å². The molecule has 1 rings (SSSR count). The minimum absolute atomic E-state index is 0.00220. The van der Waals surface area contributed by atoms with Crippen LogP contribution >= 0.6 is 0 Å². The van der Waals surface area contributed by atoms with Crippen molar-refractivity contribution in [2.24, 2.45) is 5.41 Å². The predicted octanol–water partition coefficient (Wildman–Crippen LogP) is 2.99. The van der Waals surface area contributed by atoms with E-state index in [1.807, 2.05) is 24.3 Å². The Morgan fingerprint density at radius 1 is 0.750 bits per heavy atom. The Bertz CT molecular complexity index is 465. The van der Waals surface area contributed by atoms with Crippen molar-refractivity contribution in [3.63, 3.8) is 0 Å². The van der Waals surface area contributed by atoms with Crippen molar-refractivity contribution in [3.05, 3.63) is 35.4 Å². The molecule has 0 N–H and O–H groups in total. The lowest BCUT2D eigenvalue weighted by Gasteiger charge is -2.43. The zero-order valence-electron chi connectivity index (χ0n) is 13.4. The monoisotopic (exact) mass is 282 g/mol. The van der Waals surface area contributed by atoms with Crippen molar-refractivity contribution in [1.29, 1.82) is 0 Å². The van der Waals surface area contributed by atoms with Crippen LogP contribution in [0.5, 0.6) is 0 Å². The second-order valence-electron chi connectivity index (χ2n) is 7.58. The topological polar surface area (TPSA) is 0 Å². The van der Waals surface area contributed by atoms with E-state index in [1.165, 1.54) is 13.8 Å². The van der Waals surface area contributed by atoms with Gasteiger partial charge < -0.3 is 0 Å². The summed E-state index contributed by atoms with van der Waals surface area (Å²) in [6.07, 6.45) is -4.24. The molecule has 0 saturated heterocycles. The Hall–Kier alpha value is -0.860. The molecule has 0 aliphatic carbocycles. The first kappa shape index (κ1) is 17.2. The summed E-state index contributed by atoms with van der Waals surface area (Å²) in [5, 5.41) is -0.984. The first-order chi connectivity index (χ1) is 8.71. The van der Waals surface area contributed by atoms with Crippen LogP contribution in [-0.2, 0) is 10.6 Å². The number of hydrogen-bond acceptors (Lipinski definition) is 0. The molecule has 1 aromatic carbocycles. The van der Waals surface area contributed by atoms with E-state index in [0.717, 1.165) is 5.56 Å². The van der Waals surface area contributed by atoms with Gasteiger partial charge in [0.1, 0.15) is 15.7 Å². The zero-order valence-corrected chi connectivity index (χ0v) is 13.4. The Labute approximate surface area is 122 Å². The van der Waals surface area contributed by atoms with Crippen LogP contribution in [0.25, 0.3) is 0 Å². The molecule has 0 spiro atoms. The zero-order chi connectivity index (χ0) is 16.0. The third kappa shape index (κ3) is 2.91. The number of halogens is 3. The van der Waals surface area contributed by atoms with Crippen LogP contribution in [0.3, 0.4) is 0 Å². The summed E-state index contributed by atoms with van der Waals surface area (Å²) in [5.74, 6) is 0. The molecule has 20 heavy (non-hydrogen) atoms. The van der Waals surface area contributed by atoms with Gasteiger partial charge in [-0.25, -0.2) is 0 Å². The fourth-order valence-corrected chi connectivity index (χ4v) is 2.10. The van der Waals surface area contributed by atoms with Crippen LogP contribution in [0.4, 0.5) is 13.2 Å². The highest BCUT2D eigenvalue weighted by molar-refractivity contribution is 6.40. The Balaban J connectivity index is 3.24.